The average molecular weight is 387 g/mol. The SMILES string of the molecule is CCOC(=O)[C@H](Sc1ccccc1)c1ccccc1CC(=O)OC(C)(C)C. The van der Waals surface area contributed by atoms with Crippen LogP contribution in [-0.4, -0.2) is 24.1 Å². The Kier molecular flexibility index (Phi) is 7.48. The summed E-state index contributed by atoms with van der Waals surface area (Å²) in [5.74, 6) is -0.634. The Hall–Kier alpha value is -2.27. The van der Waals surface area contributed by atoms with Gasteiger partial charge in [-0.25, -0.2) is 0 Å². The first-order valence-electron chi connectivity index (χ1n) is 8.98. The second-order valence-electron chi connectivity index (χ2n) is 7.03. The van der Waals surface area contributed by atoms with E-state index < -0.39 is 10.9 Å². The van der Waals surface area contributed by atoms with E-state index in [-0.39, 0.29) is 18.4 Å². The first-order valence-corrected chi connectivity index (χ1v) is 9.86. The maximum absolute atomic E-state index is 12.7. The number of rotatable bonds is 7. The maximum Gasteiger partial charge on any atom is 0.323 e. The molecule has 2 aromatic carbocycles. The van der Waals surface area contributed by atoms with Crippen LogP contribution in [0.3, 0.4) is 0 Å². The molecule has 0 unspecified atom stereocenters. The molecule has 0 bridgehead atoms. The number of benzene rings is 2. The number of hydrogen-bond donors (Lipinski definition) is 0. The van der Waals surface area contributed by atoms with Crippen molar-refractivity contribution in [1.82, 2.24) is 0 Å². The van der Waals surface area contributed by atoms with Gasteiger partial charge in [0.05, 0.1) is 13.0 Å². The molecule has 0 aliphatic carbocycles. The monoisotopic (exact) mass is 386 g/mol. The van der Waals surface area contributed by atoms with Crippen LogP contribution in [-0.2, 0) is 25.5 Å². The summed E-state index contributed by atoms with van der Waals surface area (Å²) >= 11 is 1.42. The Morgan fingerprint density at radius 2 is 1.63 bits per heavy atom. The minimum atomic E-state index is -0.550. The molecule has 0 spiro atoms. The summed E-state index contributed by atoms with van der Waals surface area (Å²) in [6.07, 6.45) is 0.110. The molecule has 2 aromatic rings. The van der Waals surface area contributed by atoms with Crippen molar-refractivity contribution in [2.45, 2.75) is 49.9 Å². The van der Waals surface area contributed by atoms with Gasteiger partial charge in [0.2, 0.25) is 0 Å². The molecule has 2 rings (SSSR count). The first kappa shape index (κ1) is 21.0. The van der Waals surface area contributed by atoms with Gasteiger partial charge in [-0.15, -0.1) is 11.8 Å². The molecular formula is C22H26O4S. The number of ether oxygens (including phenoxy) is 2. The van der Waals surface area contributed by atoms with Gasteiger partial charge < -0.3 is 9.47 Å². The molecule has 0 saturated heterocycles. The van der Waals surface area contributed by atoms with Crippen LogP contribution in [0.1, 0.15) is 44.1 Å². The van der Waals surface area contributed by atoms with Crippen LogP contribution in [0.15, 0.2) is 59.5 Å². The molecule has 27 heavy (non-hydrogen) atoms. The van der Waals surface area contributed by atoms with Gasteiger partial charge in [0.25, 0.3) is 0 Å². The fourth-order valence-corrected chi connectivity index (χ4v) is 3.68. The summed E-state index contributed by atoms with van der Waals surface area (Å²) in [4.78, 5) is 25.9. The van der Waals surface area contributed by atoms with Crippen LogP contribution < -0.4 is 0 Å². The van der Waals surface area contributed by atoms with E-state index in [1.165, 1.54) is 11.8 Å². The third-order valence-electron chi connectivity index (χ3n) is 3.59. The van der Waals surface area contributed by atoms with Crippen LogP contribution in [0.2, 0.25) is 0 Å². The zero-order valence-corrected chi connectivity index (χ0v) is 17.0. The molecule has 0 aliphatic rings. The van der Waals surface area contributed by atoms with E-state index in [1.54, 1.807) is 6.92 Å². The van der Waals surface area contributed by atoms with Crippen molar-refractivity contribution in [2.24, 2.45) is 0 Å². The highest BCUT2D eigenvalue weighted by molar-refractivity contribution is 8.00. The average Bonchev–Trinajstić information content (AvgIpc) is 2.60. The molecular weight excluding hydrogens is 360 g/mol. The molecule has 0 N–H and O–H groups in total. The van der Waals surface area contributed by atoms with E-state index in [0.29, 0.717) is 6.61 Å². The fraction of sp³-hybridized carbons (Fsp3) is 0.364. The molecule has 1 atom stereocenters. The number of carbonyl (C=O) groups excluding carboxylic acids is 2. The molecule has 144 valence electrons. The summed E-state index contributed by atoms with van der Waals surface area (Å²) in [7, 11) is 0. The van der Waals surface area contributed by atoms with Gasteiger partial charge in [0.1, 0.15) is 10.9 Å². The summed E-state index contributed by atoms with van der Waals surface area (Å²) < 4.78 is 10.7. The predicted molar refractivity (Wildman–Crippen MR) is 108 cm³/mol. The molecule has 5 heteroatoms. The van der Waals surface area contributed by atoms with Crippen LogP contribution in [0, 0.1) is 0 Å². The molecule has 0 amide bonds. The Labute approximate surface area is 165 Å². The number of hydrogen-bond acceptors (Lipinski definition) is 5. The van der Waals surface area contributed by atoms with Crippen molar-refractivity contribution < 1.29 is 19.1 Å². The standard InChI is InChI=1S/C22H26O4S/c1-5-25-21(24)20(27-17-12-7-6-8-13-17)18-14-10-9-11-16(18)15-19(23)26-22(2,3)4/h6-14,20H,5,15H2,1-4H3/t20-/m1/s1. The lowest BCUT2D eigenvalue weighted by atomic mass is 10.0. The van der Waals surface area contributed by atoms with E-state index in [9.17, 15) is 9.59 Å². The third kappa shape index (κ3) is 6.75. The quantitative estimate of drug-likeness (QED) is 0.497. The van der Waals surface area contributed by atoms with Gasteiger partial charge in [-0.3, -0.25) is 9.59 Å². The lowest BCUT2D eigenvalue weighted by molar-refractivity contribution is -0.154. The van der Waals surface area contributed by atoms with Crippen molar-refractivity contribution in [3.63, 3.8) is 0 Å². The van der Waals surface area contributed by atoms with Crippen LogP contribution in [0.4, 0.5) is 0 Å². The second-order valence-corrected chi connectivity index (χ2v) is 8.20. The van der Waals surface area contributed by atoms with Crippen molar-refractivity contribution in [2.75, 3.05) is 6.61 Å². The summed E-state index contributed by atoms with van der Waals surface area (Å²) in [5.41, 5.74) is 0.995. The highest BCUT2D eigenvalue weighted by Crippen LogP contribution is 2.38. The van der Waals surface area contributed by atoms with Gasteiger partial charge in [0, 0.05) is 4.90 Å². The van der Waals surface area contributed by atoms with Gasteiger partial charge in [-0.1, -0.05) is 42.5 Å². The Balaban J connectivity index is 2.32. The van der Waals surface area contributed by atoms with E-state index in [4.69, 9.17) is 9.47 Å². The molecule has 0 saturated carbocycles. The first-order chi connectivity index (χ1) is 12.8. The molecule has 0 aromatic heterocycles. The third-order valence-corrected chi connectivity index (χ3v) is 4.82. The number of esters is 2. The largest absolute Gasteiger partial charge is 0.465 e. The fourth-order valence-electron chi connectivity index (χ4n) is 2.58. The number of carbonyl (C=O) groups is 2. The Morgan fingerprint density at radius 1 is 1.00 bits per heavy atom. The second kappa shape index (κ2) is 9.60. The van der Waals surface area contributed by atoms with E-state index in [0.717, 1.165) is 16.0 Å². The van der Waals surface area contributed by atoms with Gasteiger partial charge in [-0.2, -0.15) is 0 Å². The van der Waals surface area contributed by atoms with E-state index in [1.807, 2.05) is 75.4 Å². The van der Waals surface area contributed by atoms with E-state index >= 15 is 0 Å². The van der Waals surface area contributed by atoms with Gasteiger partial charge >= 0.3 is 11.9 Å². The van der Waals surface area contributed by atoms with Crippen molar-refractivity contribution >= 4 is 23.7 Å². The van der Waals surface area contributed by atoms with Gasteiger partial charge in [-0.05, 0) is 51.0 Å². The summed E-state index contributed by atoms with van der Waals surface area (Å²) in [5, 5.41) is -0.550. The lowest BCUT2D eigenvalue weighted by Gasteiger charge is -2.21. The molecule has 0 heterocycles. The number of thioether (sulfide) groups is 1. The summed E-state index contributed by atoms with van der Waals surface area (Å²) in [6.45, 7) is 7.60. The van der Waals surface area contributed by atoms with Crippen molar-refractivity contribution in [3.8, 4) is 0 Å². The molecule has 0 radical (unpaired) electrons. The molecule has 0 aliphatic heterocycles. The topological polar surface area (TPSA) is 52.6 Å². The Bertz CT molecular complexity index is 765. The van der Waals surface area contributed by atoms with Crippen LogP contribution >= 0.6 is 11.8 Å². The predicted octanol–water partition coefficient (Wildman–Crippen LogP) is 4.97. The minimum absolute atomic E-state index is 0.110. The normalized spacial score (nSPS) is 12.3. The van der Waals surface area contributed by atoms with Crippen LogP contribution in [0.5, 0.6) is 0 Å². The van der Waals surface area contributed by atoms with Crippen LogP contribution in [0.25, 0.3) is 0 Å². The highest BCUT2D eigenvalue weighted by Gasteiger charge is 2.27. The smallest absolute Gasteiger partial charge is 0.323 e. The van der Waals surface area contributed by atoms with Crippen molar-refractivity contribution in [3.05, 3.63) is 65.7 Å². The van der Waals surface area contributed by atoms with E-state index in [2.05, 4.69) is 0 Å². The highest BCUT2D eigenvalue weighted by atomic mass is 32.2. The zero-order valence-electron chi connectivity index (χ0n) is 16.2. The minimum Gasteiger partial charge on any atom is -0.465 e. The van der Waals surface area contributed by atoms with Crippen molar-refractivity contribution in [1.29, 1.82) is 0 Å². The maximum atomic E-state index is 12.7. The zero-order chi connectivity index (χ0) is 19.9. The molecule has 0 fully saturated rings. The molecule has 4 nitrogen and oxygen atoms in total. The Morgan fingerprint density at radius 3 is 2.26 bits per heavy atom. The van der Waals surface area contributed by atoms with Gasteiger partial charge in [0.15, 0.2) is 0 Å². The summed E-state index contributed by atoms with van der Waals surface area (Å²) in [6, 6.07) is 17.1. The lowest BCUT2D eigenvalue weighted by Crippen LogP contribution is -2.25.